The van der Waals surface area contributed by atoms with Gasteiger partial charge in [0.05, 0.1) is 66.1 Å². The van der Waals surface area contributed by atoms with Gasteiger partial charge in [0.15, 0.2) is 11.5 Å². The number of fused-ring (bicyclic) bond motifs is 1. The van der Waals surface area contributed by atoms with Gasteiger partial charge in [0.1, 0.15) is 5.75 Å². The summed E-state index contributed by atoms with van der Waals surface area (Å²) in [5.41, 5.74) is 2.23. The van der Waals surface area contributed by atoms with Gasteiger partial charge in [-0.25, -0.2) is 4.79 Å². The van der Waals surface area contributed by atoms with Crippen molar-refractivity contribution in [3.8, 4) is 17.2 Å². The van der Waals surface area contributed by atoms with E-state index >= 15 is 0 Å². The third-order valence-electron chi connectivity index (χ3n) is 6.49. The van der Waals surface area contributed by atoms with Crippen LogP contribution in [0.2, 0.25) is 0 Å². The van der Waals surface area contributed by atoms with E-state index in [0.29, 0.717) is 75.9 Å². The molecule has 1 aliphatic rings. The second-order valence-electron chi connectivity index (χ2n) is 8.58. The van der Waals surface area contributed by atoms with Crippen LogP contribution in [0.1, 0.15) is 28.5 Å². The van der Waals surface area contributed by atoms with E-state index in [1.807, 2.05) is 11.6 Å². The minimum Gasteiger partial charge on any atom is -0.506 e. The van der Waals surface area contributed by atoms with Gasteiger partial charge in [-0.3, -0.25) is 9.11 Å². The SMILES string of the molecule is CCOC(=O)c1c(CS(=O)c2ccc(OC)c(OC)c2)n(C)c2cc(Br)c(O)c(CN3CCOCC3)c12.Cl. The largest absolute Gasteiger partial charge is 0.506 e. The second-order valence-corrected chi connectivity index (χ2v) is 10.9. The van der Waals surface area contributed by atoms with Gasteiger partial charge in [-0.15, -0.1) is 12.4 Å². The number of aryl methyl sites for hydroxylation is 1. The fraction of sp³-hybridized carbons (Fsp3) is 0.423. The first kappa shape index (κ1) is 30.2. The number of hydrogen-bond acceptors (Lipinski definition) is 8. The number of ether oxygens (including phenoxy) is 4. The molecular weight excluding hydrogens is 600 g/mol. The number of carbonyl (C=O) groups excluding carboxylic acids is 1. The molecule has 0 saturated carbocycles. The van der Waals surface area contributed by atoms with Crippen molar-refractivity contribution in [1.29, 1.82) is 0 Å². The summed E-state index contributed by atoms with van der Waals surface area (Å²) in [5, 5.41) is 11.7. The minimum absolute atomic E-state index is 0. The van der Waals surface area contributed by atoms with E-state index < -0.39 is 16.8 Å². The Hall–Kier alpha value is -2.31. The molecule has 208 valence electrons. The van der Waals surface area contributed by atoms with Gasteiger partial charge in [0, 0.05) is 54.3 Å². The van der Waals surface area contributed by atoms with Crippen LogP contribution in [0.4, 0.5) is 0 Å². The van der Waals surface area contributed by atoms with E-state index in [-0.39, 0.29) is 30.5 Å². The second kappa shape index (κ2) is 13.2. The lowest BCUT2D eigenvalue weighted by molar-refractivity contribution is 0.0340. The standard InChI is InChI=1S/C26H31BrN2O7S.ClH/c1-5-36-26(31)24-20(15-37(32)16-6-7-21(33-3)22(12-16)34-4)28(2)19-13-18(27)25(30)17(23(19)24)14-29-8-10-35-11-9-29;/h6-7,12-13,30H,5,8-11,14-15H2,1-4H3;1H. The zero-order chi connectivity index (χ0) is 26.7. The van der Waals surface area contributed by atoms with Crippen molar-refractivity contribution in [2.75, 3.05) is 47.1 Å². The number of hydrogen-bond donors (Lipinski definition) is 1. The molecule has 9 nitrogen and oxygen atoms in total. The summed E-state index contributed by atoms with van der Waals surface area (Å²) in [6, 6.07) is 6.87. The van der Waals surface area contributed by atoms with Gasteiger partial charge >= 0.3 is 5.97 Å². The lowest BCUT2D eigenvalue weighted by Gasteiger charge is -2.27. The molecule has 0 bridgehead atoms. The Balaban J connectivity index is 0.00000400. The number of nitrogens with zero attached hydrogens (tertiary/aromatic N) is 2. The summed E-state index contributed by atoms with van der Waals surface area (Å²) < 4.78 is 37.5. The van der Waals surface area contributed by atoms with Crippen LogP contribution in [-0.4, -0.2) is 71.9 Å². The molecule has 38 heavy (non-hydrogen) atoms. The van der Waals surface area contributed by atoms with Gasteiger partial charge in [0.2, 0.25) is 0 Å². The van der Waals surface area contributed by atoms with Crippen LogP contribution in [0.3, 0.4) is 0 Å². The number of aromatic hydroxyl groups is 1. The summed E-state index contributed by atoms with van der Waals surface area (Å²) >= 11 is 3.48. The van der Waals surface area contributed by atoms with Crippen molar-refractivity contribution in [2.45, 2.75) is 24.1 Å². The Morgan fingerprint density at radius 1 is 1.16 bits per heavy atom. The molecule has 1 atom stereocenters. The maximum Gasteiger partial charge on any atom is 0.340 e. The van der Waals surface area contributed by atoms with E-state index in [1.54, 1.807) is 31.2 Å². The number of phenols is 1. The number of carbonyl (C=O) groups is 1. The van der Waals surface area contributed by atoms with Gasteiger partial charge in [-0.2, -0.15) is 0 Å². The molecule has 0 aliphatic carbocycles. The van der Waals surface area contributed by atoms with Gasteiger partial charge in [0.25, 0.3) is 0 Å². The van der Waals surface area contributed by atoms with Crippen LogP contribution in [0.25, 0.3) is 10.9 Å². The van der Waals surface area contributed by atoms with E-state index in [0.717, 1.165) is 5.52 Å². The highest BCUT2D eigenvalue weighted by Crippen LogP contribution is 2.40. The van der Waals surface area contributed by atoms with Gasteiger partial charge in [-0.05, 0) is 41.1 Å². The van der Waals surface area contributed by atoms with Crippen LogP contribution >= 0.6 is 28.3 Å². The normalized spacial score (nSPS) is 14.7. The average molecular weight is 632 g/mol. The zero-order valence-corrected chi connectivity index (χ0v) is 25.0. The number of rotatable bonds is 9. The van der Waals surface area contributed by atoms with Crippen LogP contribution in [0, 0.1) is 0 Å². The van der Waals surface area contributed by atoms with Crippen LogP contribution in [-0.2, 0) is 39.6 Å². The molecule has 1 aromatic heterocycles. The lowest BCUT2D eigenvalue weighted by atomic mass is 10.0. The van der Waals surface area contributed by atoms with Crippen molar-refractivity contribution in [3.63, 3.8) is 0 Å². The Bertz CT molecular complexity index is 1340. The summed E-state index contributed by atoms with van der Waals surface area (Å²) in [7, 11) is 3.38. The number of morpholine rings is 1. The molecule has 1 fully saturated rings. The van der Waals surface area contributed by atoms with Crippen molar-refractivity contribution < 1.29 is 33.1 Å². The predicted molar refractivity (Wildman–Crippen MR) is 151 cm³/mol. The van der Waals surface area contributed by atoms with Crippen LogP contribution < -0.4 is 9.47 Å². The monoisotopic (exact) mass is 630 g/mol. The van der Waals surface area contributed by atoms with Crippen LogP contribution in [0.5, 0.6) is 17.2 Å². The number of benzene rings is 2. The fourth-order valence-corrected chi connectivity index (χ4v) is 6.24. The molecule has 0 radical (unpaired) electrons. The molecule has 1 N–H and O–H groups in total. The molecule has 0 spiro atoms. The smallest absolute Gasteiger partial charge is 0.340 e. The minimum atomic E-state index is -1.51. The van der Waals surface area contributed by atoms with E-state index in [1.165, 1.54) is 14.2 Å². The number of phenolic OH excluding ortho intramolecular Hbond substituents is 1. The molecule has 2 aromatic carbocycles. The summed E-state index contributed by atoms with van der Waals surface area (Å²) in [6.45, 7) is 5.00. The Labute approximate surface area is 239 Å². The number of esters is 1. The third kappa shape index (κ3) is 5.96. The molecule has 1 saturated heterocycles. The Morgan fingerprint density at radius 3 is 2.47 bits per heavy atom. The summed E-state index contributed by atoms with van der Waals surface area (Å²) in [5.74, 6) is 0.621. The first-order valence-corrected chi connectivity index (χ1v) is 14.0. The molecule has 0 amide bonds. The van der Waals surface area contributed by atoms with E-state index in [2.05, 4.69) is 20.8 Å². The molecule has 4 rings (SSSR count). The Kier molecular flexibility index (Phi) is 10.5. The van der Waals surface area contributed by atoms with E-state index in [9.17, 15) is 14.1 Å². The average Bonchev–Trinajstić information content (AvgIpc) is 3.17. The molecular formula is C26H32BrClN2O7S. The lowest BCUT2D eigenvalue weighted by Crippen LogP contribution is -2.35. The van der Waals surface area contributed by atoms with Crippen molar-refractivity contribution in [2.24, 2.45) is 7.05 Å². The first-order valence-electron chi connectivity index (χ1n) is 11.9. The number of methoxy groups -OCH3 is 2. The molecule has 12 heteroatoms. The predicted octanol–water partition coefficient (Wildman–Crippen LogP) is 4.40. The van der Waals surface area contributed by atoms with Gasteiger partial charge in [-0.1, -0.05) is 0 Å². The third-order valence-corrected chi connectivity index (χ3v) is 8.41. The highest BCUT2D eigenvalue weighted by atomic mass is 79.9. The molecule has 3 aromatic rings. The maximum absolute atomic E-state index is 13.5. The maximum atomic E-state index is 13.5. The summed E-state index contributed by atoms with van der Waals surface area (Å²) in [6.07, 6.45) is 0. The zero-order valence-electron chi connectivity index (χ0n) is 21.7. The molecule has 2 heterocycles. The highest BCUT2D eigenvalue weighted by Gasteiger charge is 2.29. The highest BCUT2D eigenvalue weighted by molar-refractivity contribution is 9.10. The van der Waals surface area contributed by atoms with Gasteiger partial charge < -0.3 is 28.6 Å². The number of halogens is 2. The van der Waals surface area contributed by atoms with Crippen molar-refractivity contribution in [1.82, 2.24) is 9.47 Å². The van der Waals surface area contributed by atoms with Crippen molar-refractivity contribution in [3.05, 3.63) is 45.6 Å². The fourth-order valence-electron chi connectivity index (χ4n) is 4.57. The van der Waals surface area contributed by atoms with E-state index in [4.69, 9.17) is 18.9 Å². The molecule has 1 unspecified atom stereocenters. The first-order chi connectivity index (χ1) is 17.8. The quantitative estimate of drug-likeness (QED) is 0.347. The summed E-state index contributed by atoms with van der Waals surface area (Å²) in [4.78, 5) is 16.0. The molecule has 1 aliphatic heterocycles. The van der Waals surface area contributed by atoms with Crippen molar-refractivity contribution >= 4 is 56.0 Å². The topological polar surface area (TPSA) is 99.5 Å². The number of aromatic nitrogens is 1. The van der Waals surface area contributed by atoms with Crippen LogP contribution in [0.15, 0.2) is 33.6 Å². The Morgan fingerprint density at radius 2 is 1.84 bits per heavy atom.